The van der Waals surface area contributed by atoms with Crippen molar-refractivity contribution in [3.8, 4) is 0 Å². The molecule has 7 heteroatoms. The zero-order valence-corrected chi connectivity index (χ0v) is 12.3. The summed E-state index contributed by atoms with van der Waals surface area (Å²) in [5.74, 6) is 0.568. The van der Waals surface area contributed by atoms with Crippen LogP contribution in [0, 0.1) is 0 Å². The zero-order valence-electron chi connectivity index (χ0n) is 10.6. The highest BCUT2D eigenvalue weighted by atomic mass is 32.2. The second-order valence-electron chi connectivity index (χ2n) is 4.30. The molecule has 106 valence electrons. The molecule has 2 N–H and O–H groups in total. The summed E-state index contributed by atoms with van der Waals surface area (Å²) in [4.78, 5) is 6.16. The molecule has 0 aliphatic carbocycles. The lowest BCUT2D eigenvalue weighted by molar-refractivity contribution is -0.108. The van der Waals surface area contributed by atoms with Gasteiger partial charge in [0.25, 0.3) is 0 Å². The van der Waals surface area contributed by atoms with Gasteiger partial charge >= 0.3 is 0 Å². The van der Waals surface area contributed by atoms with Crippen LogP contribution in [0.3, 0.4) is 0 Å². The predicted octanol–water partition coefficient (Wildman–Crippen LogP) is 1.72. The van der Waals surface area contributed by atoms with Crippen LogP contribution in [0.25, 0.3) is 0 Å². The minimum absolute atomic E-state index is 0.0759. The molecule has 1 heterocycles. The molecule has 1 aliphatic heterocycles. The van der Waals surface area contributed by atoms with E-state index in [9.17, 15) is 8.42 Å². The molecule has 0 amide bonds. The summed E-state index contributed by atoms with van der Waals surface area (Å²) in [7, 11) is -3.30. The normalized spacial score (nSPS) is 17.5. The van der Waals surface area contributed by atoms with E-state index in [0.29, 0.717) is 24.6 Å². The Morgan fingerprint density at radius 2 is 2.21 bits per heavy atom. The Morgan fingerprint density at radius 1 is 1.37 bits per heavy atom. The van der Waals surface area contributed by atoms with Gasteiger partial charge in [-0.3, -0.25) is 4.84 Å². The summed E-state index contributed by atoms with van der Waals surface area (Å²) < 4.78 is 25.1. The van der Waals surface area contributed by atoms with Crippen molar-refractivity contribution < 1.29 is 13.3 Å². The quantitative estimate of drug-likeness (QED) is 0.662. The molecule has 0 unspecified atom stereocenters. The highest BCUT2D eigenvalue weighted by Crippen LogP contribution is 2.21. The molecule has 0 bridgehead atoms. The van der Waals surface area contributed by atoms with Crippen LogP contribution in [0.15, 0.2) is 29.2 Å². The Kier molecular flexibility index (Phi) is 5.09. The van der Waals surface area contributed by atoms with Crippen molar-refractivity contribution in [1.29, 1.82) is 0 Å². The Balaban J connectivity index is 1.84. The SMILES string of the molecule is Nc1cccc(SCCS(=O)(=O)N2CCCCO2)c1. The van der Waals surface area contributed by atoms with E-state index >= 15 is 0 Å². The van der Waals surface area contributed by atoms with Crippen LogP contribution in [0.1, 0.15) is 12.8 Å². The first-order valence-corrected chi connectivity index (χ1v) is 8.79. The number of hydroxylamine groups is 1. The summed E-state index contributed by atoms with van der Waals surface area (Å²) in [5, 5.41) is 0. The summed E-state index contributed by atoms with van der Waals surface area (Å²) in [6.45, 7) is 0.951. The molecular weight excluding hydrogens is 284 g/mol. The van der Waals surface area contributed by atoms with Crippen molar-refractivity contribution in [2.45, 2.75) is 17.7 Å². The van der Waals surface area contributed by atoms with Gasteiger partial charge in [-0.05, 0) is 31.0 Å². The third-order valence-electron chi connectivity index (χ3n) is 2.75. The minimum atomic E-state index is -3.30. The summed E-state index contributed by atoms with van der Waals surface area (Å²) in [6, 6.07) is 7.43. The molecule has 5 nitrogen and oxygen atoms in total. The average Bonchev–Trinajstić information content (AvgIpc) is 2.40. The largest absolute Gasteiger partial charge is 0.399 e. The summed E-state index contributed by atoms with van der Waals surface area (Å²) >= 11 is 1.48. The first kappa shape index (κ1) is 14.6. The number of hydrogen-bond donors (Lipinski definition) is 1. The Morgan fingerprint density at radius 3 is 2.89 bits per heavy atom. The van der Waals surface area contributed by atoms with E-state index in [0.717, 1.165) is 22.2 Å². The second-order valence-corrected chi connectivity index (χ2v) is 7.45. The molecule has 0 saturated carbocycles. The fourth-order valence-corrected chi connectivity index (χ4v) is 4.42. The second kappa shape index (κ2) is 6.60. The van der Waals surface area contributed by atoms with Gasteiger partial charge in [0.1, 0.15) is 0 Å². The van der Waals surface area contributed by atoms with E-state index in [2.05, 4.69) is 0 Å². The highest BCUT2D eigenvalue weighted by molar-refractivity contribution is 8.00. The van der Waals surface area contributed by atoms with E-state index in [-0.39, 0.29) is 5.75 Å². The van der Waals surface area contributed by atoms with E-state index in [1.165, 1.54) is 11.8 Å². The lowest BCUT2D eigenvalue weighted by atomic mass is 10.3. The first-order valence-electron chi connectivity index (χ1n) is 6.19. The van der Waals surface area contributed by atoms with Crippen LogP contribution >= 0.6 is 11.8 Å². The molecule has 0 spiro atoms. The van der Waals surface area contributed by atoms with Crippen LogP contribution in [0.5, 0.6) is 0 Å². The van der Waals surface area contributed by atoms with Crippen molar-refractivity contribution in [2.24, 2.45) is 0 Å². The molecule has 19 heavy (non-hydrogen) atoms. The van der Waals surface area contributed by atoms with Crippen molar-refractivity contribution in [3.63, 3.8) is 0 Å². The van der Waals surface area contributed by atoms with Gasteiger partial charge in [-0.1, -0.05) is 10.5 Å². The first-order chi connectivity index (χ1) is 9.08. The molecular formula is C12H18N2O3S2. The lowest BCUT2D eigenvalue weighted by Gasteiger charge is -2.25. The maximum Gasteiger partial charge on any atom is 0.236 e. The van der Waals surface area contributed by atoms with Gasteiger partial charge in [0.15, 0.2) is 0 Å². The Hall–Kier alpha value is -0.760. The number of hydrogen-bond acceptors (Lipinski definition) is 5. The highest BCUT2D eigenvalue weighted by Gasteiger charge is 2.24. The Bertz CT molecular complexity index is 513. The maximum atomic E-state index is 12.0. The number of thioether (sulfide) groups is 1. The molecule has 0 atom stereocenters. The van der Waals surface area contributed by atoms with Crippen molar-refractivity contribution >= 4 is 27.5 Å². The van der Waals surface area contributed by atoms with Gasteiger partial charge in [-0.25, -0.2) is 8.42 Å². The number of nitrogen functional groups attached to an aromatic ring is 1. The number of anilines is 1. The minimum Gasteiger partial charge on any atom is -0.399 e. The van der Waals surface area contributed by atoms with Crippen LogP contribution in [0.4, 0.5) is 5.69 Å². The molecule has 2 rings (SSSR count). The summed E-state index contributed by atoms with van der Waals surface area (Å²) in [5.41, 5.74) is 6.36. The average molecular weight is 302 g/mol. The predicted molar refractivity (Wildman–Crippen MR) is 77.3 cm³/mol. The molecule has 0 aromatic heterocycles. The van der Waals surface area contributed by atoms with E-state index in [1.807, 2.05) is 24.3 Å². The number of rotatable bonds is 5. The van der Waals surface area contributed by atoms with Crippen molar-refractivity contribution in [2.75, 3.05) is 30.4 Å². The van der Waals surface area contributed by atoms with Gasteiger partial charge in [0.05, 0.1) is 12.4 Å². The number of sulfonamides is 1. The number of nitrogens with zero attached hydrogens (tertiary/aromatic N) is 1. The van der Waals surface area contributed by atoms with Crippen LogP contribution < -0.4 is 5.73 Å². The topological polar surface area (TPSA) is 72.6 Å². The van der Waals surface area contributed by atoms with E-state index in [4.69, 9.17) is 10.6 Å². The van der Waals surface area contributed by atoms with Crippen LogP contribution in [-0.2, 0) is 14.9 Å². The molecule has 1 aromatic carbocycles. The molecule has 0 radical (unpaired) electrons. The smallest absolute Gasteiger partial charge is 0.236 e. The molecule has 1 aromatic rings. The Labute approximate surface area is 118 Å². The van der Waals surface area contributed by atoms with Gasteiger partial charge in [0.2, 0.25) is 10.0 Å². The lowest BCUT2D eigenvalue weighted by Crippen LogP contribution is -2.37. The van der Waals surface area contributed by atoms with Gasteiger partial charge < -0.3 is 5.73 Å². The fourth-order valence-electron chi connectivity index (χ4n) is 1.76. The van der Waals surface area contributed by atoms with Crippen LogP contribution in [0.2, 0.25) is 0 Å². The third-order valence-corrected chi connectivity index (χ3v) is 5.63. The monoisotopic (exact) mass is 302 g/mol. The molecule has 1 aliphatic rings. The zero-order chi connectivity index (χ0) is 13.7. The van der Waals surface area contributed by atoms with Crippen molar-refractivity contribution in [3.05, 3.63) is 24.3 Å². The van der Waals surface area contributed by atoms with Gasteiger partial charge in [-0.15, -0.1) is 11.8 Å². The number of benzene rings is 1. The van der Waals surface area contributed by atoms with Crippen LogP contribution in [-0.4, -0.2) is 37.5 Å². The molecule has 1 saturated heterocycles. The fraction of sp³-hybridized carbons (Fsp3) is 0.500. The van der Waals surface area contributed by atoms with Crippen molar-refractivity contribution in [1.82, 2.24) is 4.47 Å². The number of nitrogens with two attached hydrogens (primary N) is 1. The van der Waals surface area contributed by atoms with Gasteiger partial charge in [-0.2, -0.15) is 0 Å². The third kappa shape index (κ3) is 4.38. The standard InChI is InChI=1S/C12H18N2O3S2/c13-11-4-3-5-12(10-11)18-8-9-19(15,16)14-6-1-2-7-17-14/h3-5,10H,1-2,6-9,13H2. The van der Waals surface area contributed by atoms with Gasteiger partial charge in [0, 0.05) is 22.9 Å². The van der Waals surface area contributed by atoms with E-state index in [1.54, 1.807) is 0 Å². The van der Waals surface area contributed by atoms with E-state index < -0.39 is 10.0 Å². The molecule has 1 fully saturated rings. The summed E-state index contributed by atoms with van der Waals surface area (Å²) in [6.07, 6.45) is 1.78. The maximum absolute atomic E-state index is 12.0.